The average Bonchev–Trinajstić information content (AvgIpc) is 3.18. The van der Waals surface area contributed by atoms with Gasteiger partial charge in [-0.2, -0.15) is 0 Å². The fourth-order valence-corrected chi connectivity index (χ4v) is 3.79. The van der Waals surface area contributed by atoms with Crippen LogP contribution in [-0.4, -0.2) is 28.0 Å². The first-order valence-electron chi connectivity index (χ1n) is 6.67. The van der Waals surface area contributed by atoms with Gasteiger partial charge in [-0.05, 0) is 31.4 Å². The van der Waals surface area contributed by atoms with E-state index in [1.807, 2.05) is 37.6 Å². The fourth-order valence-electron chi connectivity index (χ4n) is 2.45. The van der Waals surface area contributed by atoms with E-state index < -0.39 is 0 Å². The van der Waals surface area contributed by atoms with E-state index in [0.29, 0.717) is 0 Å². The summed E-state index contributed by atoms with van der Waals surface area (Å²) in [5.41, 5.74) is 2.70. The third kappa shape index (κ3) is 2.00. The summed E-state index contributed by atoms with van der Waals surface area (Å²) < 4.78 is 14.1. The van der Waals surface area contributed by atoms with Crippen LogP contribution in [0.15, 0.2) is 33.2 Å². The Morgan fingerprint density at radius 2 is 2.23 bits per heavy atom. The van der Waals surface area contributed by atoms with Crippen LogP contribution in [0.2, 0.25) is 0 Å². The largest absolute Gasteiger partial charge is 0.497 e. The number of benzene rings is 1. The maximum Gasteiger partial charge on any atom is 0.213 e. The number of methoxy groups -OCH3 is 1. The van der Waals surface area contributed by atoms with Gasteiger partial charge in [0.05, 0.1) is 13.3 Å². The third-order valence-corrected chi connectivity index (χ3v) is 5.47. The Morgan fingerprint density at radius 1 is 1.36 bits per heavy atom. The predicted octanol–water partition coefficient (Wildman–Crippen LogP) is 4.24. The Bertz CT molecular complexity index is 952. The fraction of sp³-hybridized carbons (Fsp3) is 0.200. The second kappa shape index (κ2) is 5.03. The maximum atomic E-state index is 5.98. The van der Waals surface area contributed by atoms with Gasteiger partial charge >= 0.3 is 0 Å². The average molecular weight is 331 g/mol. The zero-order valence-electron chi connectivity index (χ0n) is 12.3. The highest BCUT2D eigenvalue weighted by Crippen LogP contribution is 2.35. The van der Waals surface area contributed by atoms with Crippen LogP contribution in [0.25, 0.3) is 27.4 Å². The number of imidazole rings is 1. The van der Waals surface area contributed by atoms with E-state index in [2.05, 4.69) is 10.1 Å². The van der Waals surface area contributed by atoms with Crippen molar-refractivity contribution in [3.63, 3.8) is 0 Å². The number of hydrogen-bond acceptors (Lipinski definition) is 6. The number of aryl methyl sites for hydroxylation is 1. The molecule has 1 aromatic carbocycles. The Hall–Kier alpha value is -1.99. The highest BCUT2D eigenvalue weighted by molar-refractivity contribution is 8.00. The van der Waals surface area contributed by atoms with E-state index >= 15 is 0 Å². The first kappa shape index (κ1) is 13.7. The molecule has 0 saturated heterocycles. The molecule has 0 fully saturated rings. The number of furan rings is 1. The van der Waals surface area contributed by atoms with Crippen molar-refractivity contribution in [3.05, 3.63) is 30.0 Å². The van der Waals surface area contributed by atoms with Crippen molar-refractivity contribution in [2.24, 2.45) is 0 Å². The summed E-state index contributed by atoms with van der Waals surface area (Å²) in [7, 11) is 1.66. The SMILES string of the molecule is COc1ccc2oc(-c3cn4nc(SC)sc4n3)c(C)c2c1. The van der Waals surface area contributed by atoms with Crippen LogP contribution >= 0.6 is 23.1 Å². The molecule has 3 aromatic heterocycles. The van der Waals surface area contributed by atoms with Crippen molar-refractivity contribution < 1.29 is 9.15 Å². The van der Waals surface area contributed by atoms with Crippen molar-refractivity contribution in [2.75, 3.05) is 13.4 Å². The van der Waals surface area contributed by atoms with Gasteiger partial charge in [-0.3, -0.25) is 0 Å². The number of aromatic nitrogens is 3. The van der Waals surface area contributed by atoms with Gasteiger partial charge in [0, 0.05) is 10.9 Å². The Balaban J connectivity index is 1.87. The highest BCUT2D eigenvalue weighted by atomic mass is 32.2. The molecule has 0 radical (unpaired) electrons. The zero-order valence-corrected chi connectivity index (χ0v) is 13.9. The quantitative estimate of drug-likeness (QED) is 0.526. The molecule has 0 amide bonds. The lowest BCUT2D eigenvalue weighted by atomic mass is 10.1. The van der Waals surface area contributed by atoms with Gasteiger partial charge in [-0.25, -0.2) is 9.50 Å². The van der Waals surface area contributed by atoms with E-state index in [-0.39, 0.29) is 0 Å². The lowest BCUT2D eigenvalue weighted by Crippen LogP contribution is -1.81. The standard InChI is InChI=1S/C15H13N3O2S2/c1-8-10-6-9(19-2)4-5-12(10)20-13(8)11-7-18-14(16-11)22-15(17-18)21-3/h4-7H,1-3H3. The minimum Gasteiger partial charge on any atom is -0.497 e. The normalized spacial score (nSPS) is 11.6. The van der Waals surface area contributed by atoms with Crippen molar-refractivity contribution in [3.8, 4) is 17.2 Å². The third-order valence-electron chi connectivity index (χ3n) is 3.58. The smallest absolute Gasteiger partial charge is 0.213 e. The molecule has 4 rings (SSSR count). The molecular formula is C15H13N3O2S2. The molecule has 0 aliphatic rings. The van der Waals surface area contributed by atoms with E-state index in [1.54, 1.807) is 34.7 Å². The van der Waals surface area contributed by atoms with Gasteiger partial charge in [0.1, 0.15) is 17.0 Å². The van der Waals surface area contributed by atoms with Gasteiger partial charge in [0.15, 0.2) is 10.1 Å². The van der Waals surface area contributed by atoms with Gasteiger partial charge in [0.25, 0.3) is 0 Å². The number of rotatable bonds is 3. The monoisotopic (exact) mass is 331 g/mol. The molecule has 5 nitrogen and oxygen atoms in total. The molecule has 0 spiro atoms. The van der Waals surface area contributed by atoms with Crippen molar-refractivity contribution in [1.82, 2.24) is 14.6 Å². The molecule has 0 atom stereocenters. The van der Waals surface area contributed by atoms with E-state index in [4.69, 9.17) is 9.15 Å². The molecule has 0 bridgehead atoms. The van der Waals surface area contributed by atoms with E-state index in [9.17, 15) is 0 Å². The number of ether oxygens (including phenoxy) is 1. The minimum atomic E-state index is 0.784. The Morgan fingerprint density at radius 3 is 2.95 bits per heavy atom. The first-order chi connectivity index (χ1) is 10.7. The molecule has 0 aliphatic heterocycles. The molecule has 112 valence electrons. The maximum absolute atomic E-state index is 5.98. The lowest BCUT2D eigenvalue weighted by molar-refractivity contribution is 0.415. The van der Waals surface area contributed by atoms with Gasteiger partial charge in [-0.1, -0.05) is 23.1 Å². The summed E-state index contributed by atoms with van der Waals surface area (Å²) in [4.78, 5) is 5.50. The van der Waals surface area contributed by atoms with Gasteiger partial charge < -0.3 is 9.15 Å². The number of fused-ring (bicyclic) bond motifs is 2. The van der Waals surface area contributed by atoms with Crippen LogP contribution in [0.3, 0.4) is 0 Å². The molecule has 22 heavy (non-hydrogen) atoms. The molecule has 0 unspecified atom stereocenters. The van der Waals surface area contributed by atoms with Crippen LogP contribution in [0.4, 0.5) is 0 Å². The predicted molar refractivity (Wildman–Crippen MR) is 89.1 cm³/mol. The summed E-state index contributed by atoms with van der Waals surface area (Å²) in [5.74, 6) is 1.60. The summed E-state index contributed by atoms with van der Waals surface area (Å²) in [5, 5.41) is 5.51. The molecule has 0 N–H and O–H groups in total. The van der Waals surface area contributed by atoms with Crippen LogP contribution in [0.1, 0.15) is 5.56 Å². The molecular weight excluding hydrogens is 318 g/mol. The van der Waals surface area contributed by atoms with Gasteiger partial charge in [0.2, 0.25) is 4.96 Å². The molecule has 0 saturated carbocycles. The van der Waals surface area contributed by atoms with E-state index in [0.717, 1.165) is 43.0 Å². The summed E-state index contributed by atoms with van der Waals surface area (Å²) >= 11 is 3.19. The summed E-state index contributed by atoms with van der Waals surface area (Å²) in [6.45, 7) is 2.04. The van der Waals surface area contributed by atoms with Crippen LogP contribution < -0.4 is 4.74 Å². The number of nitrogens with zero attached hydrogens (tertiary/aromatic N) is 3. The van der Waals surface area contributed by atoms with Crippen LogP contribution in [-0.2, 0) is 0 Å². The van der Waals surface area contributed by atoms with Crippen LogP contribution in [0.5, 0.6) is 5.75 Å². The van der Waals surface area contributed by atoms with Gasteiger partial charge in [-0.15, -0.1) is 5.10 Å². The molecule has 7 heteroatoms. The van der Waals surface area contributed by atoms with Crippen molar-refractivity contribution in [1.29, 1.82) is 0 Å². The lowest BCUT2D eigenvalue weighted by Gasteiger charge is -1.97. The highest BCUT2D eigenvalue weighted by Gasteiger charge is 2.17. The first-order valence-corrected chi connectivity index (χ1v) is 8.71. The van der Waals surface area contributed by atoms with E-state index in [1.165, 1.54) is 0 Å². The van der Waals surface area contributed by atoms with Crippen LogP contribution in [0, 0.1) is 6.92 Å². The second-order valence-corrected chi connectivity index (χ2v) is 6.85. The molecule has 3 heterocycles. The minimum absolute atomic E-state index is 0.784. The zero-order chi connectivity index (χ0) is 15.3. The van der Waals surface area contributed by atoms with Crippen molar-refractivity contribution in [2.45, 2.75) is 11.3 Å². The van der Waals surface area contributed by atoms with Crippen molar-refractivity contribution >= 4 is 39.0 Å². The number of hydrogen-bond donors (Lipinski definition) is 0. The summed E-state index contributed by atoms with van der Waals surface area (Å²) in [6, 6.07) is 5.81. The molecule has 4 aromatic rings. The Kier molecular flexibility index (Phi) is 3.12. The summed E-state index contributed by atoms with van der Waals surface area (Å²) in [6.07, 6.45) is 3.92. The molecule has 0 aliphatic carbocycles. The topological polar surface area (TPSA) is 52.6 Å². The Labute approximate surface area is 134 Å². The number of thioether (sulfide) groups is 1. The second-order valence-electron chi connectivity index (χ2n) is 4.84.